The first-order chi connectivity index (χ1) is 6.02. The van der Waals surface area contributed by atoms with Crippen molar-refractivity contribution < 1.29 is 47.1 Å². The van der Waals surface area contributed by atoms with Gasteiger partial charge in [0.25, 0.3) is 0 Å². The van der Waals surface area contributed by atoms with Crippen molar-refractivity contribution in [1.82, 2.24) is 0 Å². The number of carbonyl (C=O) groups is 2. The molecule has 0 bridgehead atoms. The minimum atomic E-state index is -1.17. The molecule has 0 spiro atoms. The Bertz CT molecular complexity index is 378. The zero-order valence-corrected chi connectivity index (χ0v) is 11.3. The summed E-state index contributed by atoms with van der Waals surface area (Å²) in [5.74, 6) is -2.31. The van der Waals surface area contributed by atoms with Crippen molar-refractivity contribution in [2.45, 2.75) is 0 Å². The van der Waals surface area contributed by atoms with Gasteiger partial charge in [-0.15, -0.1) is 0 Å². The molecule has 6 heteroatoms. The number of nitrogens with two attached hydrogens (primary N) is 1. The van der Waals surface area contributed by atoms with Crippen LogP contribution in [0, 0.1) is 0 Å². The molecule has 1 rings (SSSR count). The number of hydrogen-bond acceptors (Lipinski definition) is 3. The van der Waals surface area contributed by atoms with Gasteiger partial charge in [-0.05, 0) is 18.2 Å². The maximum atomic E-state index is 10.5. The van der Waals surface area contributed by atoms with Crippen molar-refractivity contribution in [3.63, 3.8) is 0 Å². The van der Waals surface area contributed by atoms with Crippen LogP contribution < -0.4 is 5.73 Å². The molecule has 4 N–H and O–H groups in total. The first-order valence-electron chi connectivity index (χ1n) is 3.38. The summed E-state index contributed by atoms with van der Waals surface area (Å²) in [4.78, 5) is 20.9. The van der Waals surface area contributed by atoms with Crippen LogP contribution in [0.3, 0.4) is 0 Å². The van der Waals surface area contributed by atoms with E-state index in [9.17, 15) is 9.59 Å². The first kappa shape index (κ1) is 12.9. The molecule has 14 heavy (non-hydrogen) atoms. The average Bonchev–Trinajstić information content (AvgIpc) is 2.03. The SMILES string of the molecule is Nc1cc(C(=O)O)ccc1C(=O)O.[Cd]. The normalized spacial score (nSPS) is 8.86. The summed E-state index contributed by atoms with van der Waals surface area (Å²) in [6.45, 7) is 0. The second kappa shape index (κ2) is 4.94. The topological polar surface area (TPSA) is 101 Å². The summed E-state index contributed by atoms with van der Waals surface area (Å²) in [6.07, 6.45) is 0. The zero-order valence-electron chi connectivity index (χ0n) is 7.23. The molecule has 1 aromatic rings. The fourth-order valence-corrected chi connectivity index (χ4v) is 0.891. The molecule has 0 aliphatic heterocycles. The van der Waals surface area contributed by atoms with Gasteiger partial charge in [0.1, 0.15) is 0 Å². The van der Waals surface area contributed by atoms with Crippen molar-refractivity contribution >= 4 is 17.6 Å². The maximum Gasteiger partial charge on any atom is 0.337 e. The van der Waals surface area contributed by atoms with Gasteiger partial charge < -0.3 is 15.9 Å². The molecule has 0 heterocycles. The molecule has 0 unspecified atom stereocenters. The quantitative estimate of drug-likeness (QED) is 0.549. The fraction of sp³-hybridized carbons (Fsp3) is 0. The van der Waals surface area contributed by atoms with Crippen molar-refractivity contribution in [3.8, 4) is 0 Å². The summed E-state index contributed by atoms with van der Waals surface area (Å²) >= 11 is 0. The predicted octanol–water partition coefficient (Wildman–Crippen LogP) is 0.663. The smallest absolute Gasteiger partial charge is 0.337 e. The van der Waals surface area contributed by atoms with Crippen LogP contribution in [0.15, 0.2) is 18.2 Å². The molecule has 0 aliphatic carbocycles. The minimum absolute atomic E-state index is 0. The van der Waals surface area contributed by atoms with Crippen LogP contribution in [0.5, 0.6) is 0 Å². The molecule has 0 amide bonds. The molecule has 0 saturated carbocycles. The maximum absolute atomic E-state index is 10.5. The van der Waals surface area contributed by atoms with E-state index in [0.29, 0.717) is 0 Å². The van der Waals surface area contributed by atoms with E-state index in [4.69, 9.17) is 15.9 Å². The van der Waals surface area contributed by atoms with E-state index in [1.807, 2.05) is 0 Å². The van der Waals surface area contributed by atoms with E-state index in [-0.39, 0.29) is 44.1 Å². The third kappa shape index (κ3) is 2.69. The number of carboxylic acid groups (broad SMARTS) is 2. The van der Waals surface area contributed by atoms with Crippen molar-refractivity contribution in [2.24, 2.45) is 0 Å². The Hall–Kier alpha value is -1.12. The standard InChI is InChI=1S/C8H7NO4.Cd/c9-6-3-4(7(10)11)1-2-5(6)8(12)13;/h1-3H,9H2,(H,10,11)(H,12,13);. The molecule has 0 atom stereocenters. The van der Waals surface area contributed by atoms with Crippen molar-refractivity contribution in [1.29, 1.82) is 0 Å². The Morgan fingerprint density at radius 1 is 1.14 bits per heavy atom. The minimum Gasteiger partial charge on any atom is -0.478 e. The van der Waals surface area contributed by atoms with Crippen LogP contribution in [0.1, 0.15) is 20.7 Å². The van der Waals surface area contributed by atoms with Crippen LogP contribution in [-0.4, -0.2) is 22.2 Å². The van der Waals surface area contributed by atoms with E-state index in [0.717, 1.165) is 6.07 Å². The van der Waals surface area contributed by atoms with Gasteiger partial charge in [-0.1, -0.05) is 0 Å². The summed E-state index contributed by atoms with van der Waals surface area (Å²) in [7, 11) is 0. The van der Waals surface area contributed by atoms with Gasteiger partial charge in [0.2, 0.25) is 0 Å². The summed E-state index contributed by atoms with van der Waals surface area (Å²) in [5.41, 5.74) is 5.15. The van der Waals surface area contributed by atoms with E-state index in [1.54, 1.807) is 0 Å². The third-order valence-corrected chi connectivity index (χ3v) is 1.53. The van der Waals surface area contributed by atoms with Gasteiger partial charge in [0, 0.05) is 33.0 Å². The van der Waals surface area contributed by atoms with Gasteiger partial charge in [-0.25, -0.2) is 9.59 Å². The Labute approximate surface area is 99.7 Å². The third-order valence-electron chi connectivity index (χ3n) is 1.53. The zero-order chi connectivity index (χ0) is 10.0. The van der Waals surface area contributed by atoms with Gasteiger partial charge in [0.15, 0.2) is 0 Å². The molecule has 0 aliphatic rings. The van der Waals surface area contributed by atoms with Gasteiger partial charge in [-0.3, -0.25) is 0 Å². The van der Waals surface area contributed by atoms with E-state index < -0.39 is 11.9 Å². The Balaban J connectivity index is 0.00000169. The average molecular weight is 294 g/mol. The number of nitrogen functional groups attached to an aromatic ring is 1. The molecule has 70 valence electrons. The van der Waals surface area contributed by atoms with Crippen LogP contribution in [0.2, 0.25) is 0 Å². The summed E-state index contributed by atoms with van der Waals surface area (Å²) in [5, 5.41) is 17.1. The monoisotopic (exact) mass is 295 g/mol. The number of benzene rings is 1. The molecular formula is C8H7CdNO4. The molecule has 0 aromatic heterocycles. The van der Waals surface area contributed by atoms with Gasteiger partial charge in [-0.2, -0.15) is 0 Å². The molecule has 0 radical (unpaired) electrons. The largest absolute Gasteiger partial charge is 0.478 e. The van der Waals surface area contributed by atoms with Crippen LogP contribution in [-0.2, 0) is 27.3 Å². The van der Waals surface area contributed by atoms with Crippen LogP contribution in [0.25, 0.3) is 0 Å². The summed E-state index contributed by atoms with van der Waals surface area (Å²) < 4.78 is 0. The van der Waals surface area contributed by atoms with E-state index in [1.165, 1.54) is 12.1 Å². The van der Waals surface area contributed by atoms with Crippen molar-refractivity contribution in [2.75, 3.05) is 5.73 Å². The van der Waals surface area contributed by atoms with Crippen molar-refractivity contribution in [3.05, 3.63) is 29.3 Å². The molecule has 0 saturated heterocycles. The fourth-order valence-electron chi connectivity index (χ4n) is 0.891. The van der Waals surface area contributed by atoms with E-state index in [2.05, 4.69) is 0 Å². The molecule has 5 nitrogen and oxygen atoms in total. The molecular weight excluding hydrogens is 287 g/mol. The van der Waals surface area contributed by atoms with Gasteiger partial charge >= 0.3 is 11.9 Å². The Morgan fingerprint density at radius 2 is 1.71 bits per heavy atom. The number of hydrogen-bond donors (Lipinski definition) is 3. The van der Waals surface area contributed by atoms with Gasteiger partial charge in [0.05, 0.1) is 11.1 Å². The van der Waals surface area contributed by atoms with E-state index >= 15 is 0 Å². The second-order valence-electron chi connectivity index (χ2n) is 2.41. The van der Waals surface area contributed by atoms with Crippen LogP contribution >= 0.6 is 0 Å². The predicted molar refractivity (Wildman–Crippen MR) is 44.8 cm³/mol. The number of carboxylic acids is 2. The first-order valence-corrected chi connectivity index (χ1v) is 3.38. The molecule has 0 fully saturated rings. The van der Waals surface area contributed by atoms with Crippen LogP contribution in [0.4, 0.5) is 5.69 Å². The molecule has 1 aromatic carbocycles. The summed E-state index contributed by atoms with van der Waals surface area (Å²) in [6, 6.07) is 3.48. The Kier molecular flexibility index (Phi) is 4.54. The number of aromatic carboxylic acids is 2. The number of rotatable bonds is 2. The Morgan fingerprint density at radius 3 is 2.07 bits per heavy atom. The second-order valence-corrected chi connectivity index (χ2v) is 2.41. The number of anilines is 1.